The average molecular weight is 479 g/mol. The molecule has 0 saturated carbocycles. The summed E-state index contributed by atoms with van der Waals surface area (Å²) < 4.78 is 5.59. The topological polar surface area (TPSA) is 43.3 Å². The van der Waals surface area contributed by atoms with E-state index in [9.17, 15) is 0 Å². The van der Waals surface area contributed by atoms with Crippen LogP contribution >= 0.6 is 24.0 Å². The van der Waals surface area contributed by atoms with Crippen molar-refractivity contribution in [1.29, 1.82) is 0 Å². The van der Waals surface area contributed by atoms with E-state index in [1.54, 1.807) is 0 Å². The summed E-state index contributed by atoms with van der Waals surface area (Å²) in [5.41, 5.74) is 0.183. The molecule has 1 unspecified atom stereocenters. The first-order valence-electron chi connectivity index (χ1n) is 10.1. The standard InChI is InChI=1S/C19H37N5O.HI/c1-20-18(21-16-19(22(2)3)7-12-25-13-8-19)24-11-6-17(15-24)14-23-9-4-5-10-23;/h17H,4-16H2,1-3H3,(H,20,21);1H. The van der Waals surface area contributed by atoms with Gasteiger partial charge >= 0.3 is 0 Å². The lowest BCUT2D eigenvalue weighted by Crippen LogP contribution is -2.57. The number of hydrogen-bond acceptors (Lipinski definition) is 4. The Bertz CT molecular complexity index is 447. The third kappa shape index (κ3) is 5.45. The Morgan fingerprint density at radius 1 is 1.19 bits per heavy atom. The summed E-state index contributed by atoms with van der Waals surface area (Å²) in [6.45, 7) is 8.83. The quantitative estimate of drug-likeness (QED) is 0.370. The molecule has 0 aromatic carbocycles. The molecule has 3 rings (SSSR count). The molecule has 0 aliphatic carbocycles. The molecule has 7 heteroatoms. The molecular formula is C19H38IN5O. The van der Waals surface area contributed by atoms with E-state index in [-0.39, 0.29) is 29.5 Å². The molecule has 3 aliphatic heterocycles. The lowest BCUT2D eigenvalue weighted by molar-refractivity contribution is -0.00522. The van der Waals surface area contributed by atoms with Crippen molar-refractivity contribution >= 4 is 29.9 Å². The zero-order valence-electron chi connectivity index (χ0n) is 16.9. The molecule has 3 aliphatic rings. The third-order valence-electron chi connectivity index (χ3n) is 6.46. The molecule has 0 amide bonds. The first-order valence-corrected chi connectivity index (χ1v) is 10.1. The number of guanidine groups is 1. The number of halogens is 1. The van der Waals surface area contributed by atoms with E-state index in [1.165, 1.54) is 38.9 Å². The summed E-state index contributed by atoms with van der Waals surface area (Å²) in [5, 5.41) is 3.68. The smallest absolute Gasteiger partial charge is 0.193 e. The second-order valence-corrected chi connectivity index (χ2v) is 8.24. The van der Waals surface area contributed by atoms with Crippen molar-refractivity contribution in [3.05, 3.63) is 0 Å². The Hall–Kier alpha value is -0.120. The van der Waals surface area contributed by atoms with E-state index in [1.807, 2.05) is 7.05 Å². The Labute approximate surface area is 176 Å². The van der Waals surface area contributed by atoms with Crippen LogP contribution in [-0.4, -0.2) is 99.8 Å². The van der Waals surface area contributed by atoms with Gasteiger partial charge in [0.05, 0.1) is 0 Å². The number of aliphatic imine (C=N–C) groups is 1. The van der Waals surface area contributed by atoms with Gasteiger partial charge in [-0.25, -0.2) is 0 Å². The Morgan fingerprint density at radius 2 is 1.88 bits per heavy atom. The summed E-state index contributed by atoms with van der Waals surface area (Å²) >= 11 is 0. The van der Waals surface area contributed by atoms with E-state index < -0.39 is 0 Å². The van der Waals surface area contributed by atoms with Crippen LogP contribution in [0.1, 0.15) is 32.1 Å². The SMILES string of the molecule is CN=C(NCC1(N(C)C)CCOCC1)N1CCC(CN2CCCC2)C1.I. The van der Waals surface area contributed by atoms with E-state index in [4.69, 9.17) is 4.74 Å². The zero-order valence-corrected chi connectivity index (χ0v) is 19.2. The molecule has 6 nitrogen and oxygen atoms in total. The first kappa shape index (κ1) is 22.2. The number of likely N-dealkylation sites (tertiary alicyclic amines) is 2. The maximum absolute atomic E-state index is 5.59. The molecule has 1 atom stereocenters. The Kier molecular flexibility index (Phi) is 8.90. The lowest BCUT2D eigenvalue weighted by Gasteiger charge is -2.43. The van der Waals surface area contributed by atoms with Crippen molar-refractivity contribution in [2.75, 3.05) is 73.6 Å². The van der Waals surface area contributed by atoms with Gasteiger partial charge in [-0.05, 0) is 65.2 Å². The first-order chi connectivity index (χ1) is 12.1. The number of rotatable bonds is 5. The van der Waals surface area contributed by atoms with Crippen LogP contribution in [0.3, 0.4) is 0 Å². The van der Waals surface area contributed by atoms with Crippen LogP contribution in [0.25, 0.3) is 0 Å². The van der Waals surface area contributed by atoms with Crippen molar-refractivity contribution in [3.8, 4) is 0 Å². The summed E-state index contributed by atoms with van der Waals surface area (Å²) in [6.07, 6.45) is 6.24. The molecule has 0 bridgehead atoms. The predicted octanol–water partition coefficient (Wildman–Crippen LogP) is 1.71. The van der Waals surface area contributed by atoms with Crippen LogP contribution < -0.4 is 5.32 Å². The summed E-state index contributed by atoms with van der Waals surface area (Å²) in [6, 6.07) is 0. The van der Waals surface area contributed by atoms with Gasteiger partial charge in [0.2, 0.25) is 0 Å². The maximum atomic E-state index is 5.59. The highest BCUT2D eigenvalue weighted by molar-refractivity contribution is 14.0. The highest BCUT2D eigenvalue weighted by atomic mass is 127. The number of likely N-dealkylation sites (N-methyl/N-ethyl adjacent to an activating group) is 1. The molecule has 1 N–H and O–H groups in total. The van der Waals surface area contributed by atoms with Gasteiger partial charge in [0.25, 0.3) is 0 Å². The lowest BCUT2D eigenvalue weighted by atomic mass is 9.88. The third-order valence-corrected chi connectivity index (χ3v) is 6.46. The molecule has 3 heterocycles. The van der Waals surface area contributed by atoms with Crippen LogP contribution in [-0.2, 0) is 4.74 Å². The fourth-order valence-corrected chi connectivity index (χ4v) is 4.61. The minimum Gasteiger partial charge on any atom is -0.381 e. The minimum absolute atomic E-state index is 0. The van der Waals surface area contributed by atoms with E-state index in [0.717, 1.165) is 57.6 Å². The normalized spacial score (nSPS) is 27.0. The second kappa shape index (κ2) is 10.4. The zero-order chi connectivity index (χ0) is 17.7. The van der Waals surface area contributed by atoms with E-state index in [0.29, 0.717) is 0 Å². The van der Waals surface area contributed by atoms with Crippen molar-refractivity contribution in [1.82, 2.24) is 20.0 Å². The molecule has 152 valence electrons. The highest BCUT2D eigenvalue weighted by Crippen LogP contribution is 2.25. The van der Waals surface area contributed by atoms with Crippen LogP contribution in [0, 0.1) is 5.92 Å². The van der Waals surface area contributed by atoms with Gasteiger partial charge < -0.3 is 24.8 Å². The average Bonchev–Trinajstić information content (AvgIpc) is 3.29. The maximum Gasteiger partial charge on any atom is 0.193 e. The Balaban J connectivity index is 0.00000243. The van der Waals surface area contributed by atoms with E-state index in [2.05, 4.69) is 39.1 Å². The van der Waals surface area contributed by atoms with Crippen LogP contribution in [0.5, 0.6) is 0 Å². The summed E-state index contributed by atoms with van der Waals surface area (Å²) in [7, 11) is 6.30. The highest BCUT2D eigenvalue weighted by Gasteiger charge is 2.36. The van der Waals surface area contributed by atoms with Crippen LogP contribution in [0.2, 0.25) is 0 Å². The number of nitrogens with one attached hydrogen (secondary N) is 1. The van der Waals surface area contributed by atoms with Crippen molar-refractivity contribution in [3.63, 3.8) is 0 Å². The largest absolute Gasteiger partial charge is 0.381 e. The molecule has 3 saturated heterocycles. The van der Waals surface area contributed by atoms with Gasteiger partial charge in [0.1, 0.15) is 0 Å². The monoisotopic (exact) mass is 479 g/mol. The molecule has 0 spiro atoms. The molecule has 0 aromatic heterocycles. The van der Waals surface area contributed by atoms with Crippen molar-refractivity contribution in [2.45, 2.75) is 37.6 Å². The second-order valence-electron chi connectivity index (χ2n) is 8.24. The molecule has 0 aromatic rings. The fraction of sp³-hybridized carbons (Fsp3) is 0.947. The molecule has 26 heavy (non-hydrogen) atoms. The summed E-state index contributed by atoms with van der Waals surface area (Å²) in [5.74, 6) is 1.87. The van der Waals surface area contributed by atoms with Gasteiger partial charge in [-0.2, -0.15) is 0 Å². The summed E-state index contributed by atoms with van der Waals surface area (Å²) in [4.78, 5) is 12.1. The van der Waals surface area contributed by atoms with Gasteiger partial charge in [-0.1, -0.05) is 0 Å². The Morgan fingerprint density at radius 3 is 2.50 bits per heavy atom. The minimum atomic E-state index is 0. The van der Waals surface area contributed by atoms with E-state index >= 15 is 0 Å². The van der Waals surface area contributed by atoms with Crippen molar-refractivity contribution < 1.29 is 4.74 Å². The number of hydrogen-bond donors (Lipinski definition) is 1. The number of nitrogens with zero attached hydrogens (tertiary/aromatic N) is 4. The van der Waals surface area contributed by atoms with Gasteiger partial charge in [-0.3, -0.25) is 4.99 Å². The number of ether oxygens (including phenoxy) is 1. The fourth-order valence-electron chi connectivity index (χ4n) is 4.61. The van der Waals surface area contributed by atoms with Crippen LogP contribution in [0.15, 0.2) is 4.99 Å². The molecule has 3 fully saturated rings. The van der Waals surface area contributed by atoms with Gasteiger partial charge in [0.15, 0.2) is 5.96 Å². The van der Waals surface area contributed by atoms with Crippen molar-refractivity contribution in [2.24, 2.45) is 10.9 Å². The van der Waals surface area contributed by atoms with Crippen LogP contribution in [0.4, 0.5) is 0 Å². The predicted molar refractivity (Wildman–Crippen MR) is 119 cm³/mol. The molecular weight excluding hydrogens is 441 g/mol. The molecule has 0 radical (unpaired) electrons. The van der Waals surface area contributed by atoms with Gasteiger partial charge in [-0.15, -0.1) is 24.0 Å². The van der Waals surface area contributed by atoms with Gasteiger partial charge in [0, 0.05) is 52.0 Å².